The summed E-state index contributed by atoms with van der Waals surface area (Å²) >= 11 is 12.3. The molecule has 2 heterocycles. The molecule has 1 aromatic heterocycles. The fourth-order valence-electron chi connectivity index (χ4n) is 3.44. The van der Waals surface area contributed by atoms with Gasteiger partial charge in [-0.05, 0) is 36.4 Å². The molecule has 0 aliphatic carbocycles. The minimum atomic E-state index is -0.791. The van der Waals surface area contributed by atoms with Gasteiger partial charge in [0.25, 0.3) is 0 Å². The topological polar surface area (TPSA) is 80.2 Å². The highest BCUT2D eigenvalue weighted by molar-refractivity contribution is 6.33. The molecule has 3 amide bonds. The Bertz CT molecular complexity index is 1050. The van der Waals surface area contributed by atoms with Gasteiger partial charge < -0.3 is 9.88 Å². The number of aryl methyl sites for hydroxylation is 1. The third kappa shape index (κ3) is 3.38. The van der Waals surface area contributed by atoms with Crippen molar-refractivity contribution in [3.63, 3.8) is 0 Å². The minimum absolute atomic E-state index is 0.0169. The number of carbonyl (C=O) groups is 3. The van der Waals surface area contributed by atoms with Crippen LogP contribution in [0.25, 0.3) is 21.8 Å². The Kier molecular flexibility index (Phi) is 4.53. The van der Waals surface area contributed by atoms with Crippen LogP contribution in [-0.4, -0.2) is 28.3 Å². The van der Waals surface area contributed by atoms with Crippen molar-refractivity contribution in [1.29, 1.82) is 0 Å². The summed E-state index contributed by atoms with van der Waals surface area (Å²) in [5.41, 5.74) is 1.89. The molecule has 0 saturated carbocycles. The SMILES string of the molecule is O=C1C[C@H](NC(=O)CCn2c3ccc(Cl)cc3c3cc(Cl)ccc32)C(=O)N1. The lowest BCUT2D eigenvalue weighted by Gasteiger charge is -2.11. The van der Waals surface area contributed by atoms with Gasteiger partial charge in [0, 0.05) is 44.8 Å². The fourth-order valence-corrected chi connectivity index (χ4v) is 3.78. The third-order valence-electron chi connectivity index (χ3n) is 4.66. The standard InChI is InChI=1S/C19H15Cl2N3O3/c20-10-1-3-15-12(7-10)13-8-11(21)2-4-16(13)24(15)6-5-17(25)22-14-9-18(26)23-19(14)27/h1-4,7-8,14H,5-6,9H2,(H,22,25)(H,23,26,27)/t14-/m0/s1. The molecule has 138 valence electrons. The largest absolute Gasteiger partial charge is 0.344 e. The van der Waals surface area contributed by atoms with Crippen molar-refractivity contribution in [2.24, 2.45) is 0 Å². The molecule has 6 nitrogen and oxygen atoms in total. The molecule has 0 bridgehead atoms. The van der Waals surface area contributed by atoms with Crippen LogP contribution in [0, 0.1) is 0 Å². The Morgan fingerprint density at radius 2 is 1.67 bits per heavy atom. The van der Waals surface area contributed by atoms with E-state index in [2.05, 4.69) is 10.6 Å². The Balaban J connectivity index is 1.60. The van der Waals surface area contributed by atoms with Crippen molar-refractivity contribution in [1.82, 2.24) is 15.2 Å². The van der Waals surface area contributed by atoms with Crippen LogP contribution in [0.4, 0.5) is 0 Å². The Morgan fingerprint density at radius 1 is 1.07 bits per heavy atom. The summed E-state index contributed by atoms with van der Waals surface area (Å²) < 4.78 is 2.02. The van der Waals surface area contributed by atoms with Crippen molar-refractivity contribution < 1.29 is 14.4 Å². The van der Waals surface area contributed by atoms with Gasteiger partial charge in [0.05, 0.1) is 6.42 Å². The lowest BCUT2D eigenvalue weighted by molar-refractivity contribution is -0.128. The second-order valence-corrected chi connectivity index (χ2v) is 7.33. The maximum Gasteiger partial charge on any atom is 0.249 e. The van der Waals surface area contributed by atoms with Gasteiger partial charge >= 0.3 is 0 Å². The normalized spacial score (nSPS) is 16.9. The second-order valence-electron chi connectivity index (χ2n) is 6.46. The van der Waals surface area contributed by atoms with E-state index < -0.39 is 11.9 Å². The lowest BCUT2D eigenvalue weighted by Crippen LogP contribution is -2.40. The molecule has 1 aliphatic rings. The molecule has 4 rings (SSSR count). The predicted octanol–water partition coefficient (Wildman–Crippen LogP) is 3.02. The monoisotopic (exact) mass is 403 g/mol. The molecule has 1 saturated heterocycles. The number of aromatic nitrogens is 1. The van der Waals surface area contributed by atoms with Crippen LogP contribution in [-0.2, 0) is 20.9 Å². The van der Waals surface area contributed by atoms with Gasteiger partial charge in [-0.3, -0.25) is 19.7 Å². The first-order chi connectivity index (χ1) is 12.9. The molecule has 1 aliphatic heterocycles. The number of hydrogen-bond donors (Lipinski definition) is 2. The lowest BCUT2D eigenvalue weighted by atomic mass is 10.1. The zero-order valence-electron chi connectivity index (χ0n) is 14.1. The van der Waals surface area contributed by atoms with E-state index in [4.69, 9.17) is 23.2 Å². The quantitative estimate of drug-likeness (QED) is 0.656. The molecule has 0 spiro atoms. The minimum Gasteiger partial charge on any atom is -0.344 e. The first-order valence-electron chi connectivity index (χ1n) is 8.42. The zero-order valence-corrected chi connectivity index (χ0v) is 15.6. The van der Waals surface area contributed by atoms with Gasteiger partial charge in [0.15, 0.2) is 0 Å². The first kappa shape index (κ1) is 17.8. The summed E-state index contributed by atoms with van der Waals surface area (Å²) in [5.74, 6) is -1.13. The molecular formula is C19H15Cl2N3O3. The van der Waals surface area contributed by atoms with Crippen molar-refractivity contribution in [3.05, 3.63) is 46.4 Å². The molecule has 2 aromatic carbocycles. The predicted molar refractivity (Wildman–Crippen MR) is 104 cm³/mol. The average molecular weight is 404 g/mol. The van der Waals surface area contributed by atoms with E-state index in [0.717, 1.165) is 21.8 Å². The fraction of sp³-hybridized carbons (Fsp3) is 0.211. The maximum atomic E-state index is 12.3. The number of fused-ring (bicyclic) bond motifs is 3. The van der Waals surface area contributed by atoms with Gasteiger partial charge in [0.1, 0.15) is 6.04 Å². The molecule has 0 unspecified atom stereocenters. The average Bonchev–Trinajstić information content (AvgIpc) is 3.09. The van der Waals surface area contributed by atoms with Crippen LogP contribution in [0.15, 0.2) is 36.4 Å². The van der Waals surface area contributed by atoms with E-state index in [1.54, 1.807) is 12.1 Å². The highest BCUT2D eigenvalue weighted by atomic mass is 35.5. The third-order valence-corrected chi connectivity index (χ3v) is 5.13. The van der Waals surface area contributed by atoms with E-state index in [9.17, 15) is 14.4 Å². The summed E-state index contributed by atoms with van der Waals surface area (Å²) in [6, 6.07) is 10.4. The summed E-state index contributed by atoms with van der Waals surface area (Å²) in [4.78, 5) is 35.1. The molecule has 1 fully saturated rings. The second kappa shape index (κ2) is 6.87. The smallest absolute Gasteiger partial charge is 0.249 e. The molecule has 3 aromatic rings. The van der Waals surface area contributed by atoms with Gasteiger partial charge in [-0.1, -0.05) is 23.2 Å². The van der Waals surface area contributed by atoms with Crippen molar-refractivity contribution in [3.8, 4) is 0 Å². The Hall–Kier alpha value is -2.57. The van der Waals surface area contributed by atoms with E-state index in [0.29, 0.717) is 16.6 Å². The van der Waals surface area contributed by atoms with Gasteiger partial charge in [0.2, 0.25) is 17.7 Å². The highest BCUT2D eigenvalue weighted by Gasteiger charge is 2.31. The van der Waals surface area contributed by atoms with Crippen LogP contribution in [0.3, 0.4) is 0 Å². The molecular weight excluding hydrogens is 389 g/mol. The van der Waals surface area contributed by atoms with Crippen LogP contribution in [0.1, 0.15) is 12.8 Å². The molecule has 27 heavy (non-hydrogen) atoms. The highest BCUT2D eigenvalue weighted by Crippen LogP contribution is 2.33. The summed E-state index contributed by atoms with van der Waals surface area (Å²) in [5, 5.41) is 7.95. The van der Waals surface area contributed by atoms with Crippen LogP contribution in [0.2, 0.25) is 10.0 Å². The van der Waals surface area contributed by atoms with E-state index in [1.165, 1.54) is 0 Å². The number of rotatable bonds is 4. The number of nitrogens with one attached hydrogen (secondary N) is 2. The van der Waals surface area contributed by atoms with Crippen LogP contribution < -0.4 is 10.6 Å². The summed E-state index contributed by atoms with van der Waals surface area (Å²) in [7, 11) is 0. The van der Waals surface area contributed by atoms with Crippen molar-refractivity contribution in [2.45, 2.75) is 25.4 Å². The summed E-state index contributed by atoms with van der Waals surface area (Å²) in [6.45, 7) is 0.414. The number of hydrogen-bond acceptors (Lipinski definition) is 3. The van der Waals surface area contributed by atoms with Crippen molar-refractivity contribution >= 4 is 62.7 Å². The summed E-state index contributed by atoms with van der Waals surface area (Å²) in [6.07, 6.45) is 0.152. The Morgan fingerprint density at radius 3 is 2.19 bits per heavy atom. The maximum absolute atomic E-state index is 12.3. The number of imide groups is 1. The number of halogens is 2. The van der Waals surface area contributed by atoms with E-state index >= 15 is 0 Å². The van der Waals surface area contributed by atoms with Gasteiger partial charge in [-0.2, -0.15) is 0 Å². The number of carbonyl (C=O) groups excluding carboxylic acids is 3. The Labute approximate surface area is 164 Å². The zero-order chi connectivity index (χ0) is 19.1. The number of nitrogens with zero attached hydrogens (tertiary/aromatic N) is 1. The molecule has 8 heteroatoms. The number of amides is 3. The molecule has 1 atom stereocenters. The molecule has 2 N–H and O–H groups in total. The van der Waals surface area contributed by atoms with Crippen molar-refractivity contribution in [2.75, 3.05) is 0 Å². The number of benzene rings is 2. The van der Waals surface area contributed by atoms with E-state index in [-0.39, 0.29) is 24.7 Å². The first-order valence-corrected chi connectivity index (χ1v) is 9.18. The van der Waals surface area contributed by atoms with Crippen LogP contribution >= 0.6 is 23.2 Å². The van der Waals surface area contributed by atoms with Crippen LogP contribution in [0.5, 0.6) is 0 Å². The van der Waals surface area contributed by atoms with Gasteiger partial charge in [-0.25, -0.2) is 0 Å². The van der Waals surface area contributed by atoms with E-state index in [1.807, 2.05) is 28.8 Å². The van der Waals surface area contributed by atoms with Gasteiger partial charge in [-0.15, -0.1) is 0 Å². The molecule has 0 radical (unpaired) electrons.